The molecule has 0 bridgehead atoms. The zero-order valence-corrected chi connectivity index (χ0v) is 11.6. The van der Waals surface area contributed by atoms with Crippen molar-refractivity contribution < 1.29 is 13.3 Å². The zero-order chi connectivity index (χ0) is 13.2. The summed E-state index contributed by atoms with van der Waals surface area (Å²) in [5.41, 5.74) is 1.64. The van der Waals surface area contributed by atoms with E-state index in [2.05, 4.69) is 4.89 Å². The van der Waals surface area contributed by atoms with Gasteiger partial charge in [-0.25, -0.2) is 8.42 Å². The lowest BCUT2D eigenvalue weighted by atomic mass is 10.2. The average molecular weight is 269 g/mol. The Bertz CT molecular complexity index is 519. The second kappa shape index (κ2) is 5.38. The summed E-state index contributed by atoms with van der Waals surface area (Å²) in [6, 6.07) is 5.36. The van der Waals surface area contributed by atoms with Gasteiger partial charge in [0, 0.05) is 0 Å². The summed E-state index contributed by atoms with van der Waals surface area (Å²) >= 11 is 0. The van der Waals surface area contributed by atoms with E-state index in [0.717, 1.165) is 36.8 Å². The summed E-state index contributed by atoms with van der Waals surface area (Å²) < 4.78 is 24.3. The number of aryl methyl sites for hydroxylation is 2. The molecule has 0 spiro atoms. The third kappa shape index (κ3) is 3.10. The first-order valence-electron chi connectivity index (χ1n) is 6.24. The van der Waals surface area contributed by atoms with Crippen molar-refractivity contribution in [2.45, 2.75) is 50.5 Å². The number of rotatable bonds is 4. The molecule has 1 aliphatic carbocycles. The first-order chi connectivity index (χ1) is 8.49. The molecule has 0 aromatic heterocycles. The van der Waals surface area contributed by atoms with Gasteiger partial charge in [-0.05, 0) is 43.9 Å². The van der Waals surface area contributed by atoms with Crippen molar-refractivity contribution in [2.75, 3.05) is 0 Å². The highest BCUT2D eigenvalue weighted by atomic mass is 32.2. The molecule has 1 aromatic rings. The van der Waals surface area contributed by atoms with E-state index in [9.17, 15) is 8.42 Å². The summed E-state index contributed by atoms with van der Waals surface area (Å²) in [7, 11) is -3.57. The summed E-state index contributed by atoms with van der Waals surface area (Å²) in [6.07, 6.45) is 4.08. The minimum absolute atomic E-state index is 0.0184. The summed E-state index contributed by atoms with van der Waals surface area (Å²) in [5, 5.41) is 0. The Morgan fingerprint density at radius 2 is 1.89 bits per heavy atom. The minimum Gasteiger partial charge on any atom is -0.284 e. The number of hydrogen-bond donors (Lipinski definition) is 1. The molecule has 18 heavy (non-hydrogen) atoms. The average Bonchev–Trinajstić information content (AvgIpc) is 2.83. The van der Waals surface area contributed by atoms with Crippen LogP contribution >= 0.6 is 0 Å². The third-order valence-corrected chi connectivity index (χ3v) is 4.59. The normalized spacial score (nSPS) is 17.2. The molecule has 1 fully saturated rings. The Morgan fingerprint density at radius 3 is 2.56 bits per heavy atom. The molecule has 1 aromatic carbocycles. The molecule has 1 saturated carbocycles. The van der Waals surface area contributed by atoms with Crippen molar-refractivity contribution in [3.8, 4) is 0 Å². The van der Waals surface area contributed by atoms with Gasteiger partial charge in [-0.1, -0.05) is 29.9 Å². The van der Waals surface area contributed by atoms with Crippen LogP contribution in [0.5, 0.6) is 0 Å². The van der Waals surface area contributed by atoms with E-state index < -0.39 is 10.0 Å². The maximum absolute atomic E-state index is 12.1. The zero-order valence-electron chi connectivity index (χ0n) is 10.8. The van der Waals surface area contributed by atoms with Crippen LogP contribution in [0.3, 0.4) is 0 Å². The second-order valence-electron chi connectivity index (χ2n) is 4.88. The lowest BCUT2D eigenvalue weighted by molar-refractivity contribution is 0.0223. The van der Waals surface area contributed by atoms with E-state index in [-0.39, 0.29) is 6.10 Å². The molecule has 0 saturated heterocycles. The van der Waals surface area contributed by atoms with Gasteiger partial charge in [0.25, 0.3) is 10.0 Å². The lowest BCUT2D eigenvalue weighted by Crippen LogP contribution is -2.29. The van der Waals surface area contributed by atoms with Crippen LogP contribution in [-0.4, -0.2) is 14.5 Å². The van der Waals surface area contributed by atoms with Gasteiger partial charge in [-0.3, -0.25) is 4.84 Å². The fourth-order valence-corrected chi connectivity index (χ4v) is 3.36. The molecule has 0 unspecified atom stereocenters. The Kier molecular flexibility index (Phi) is 4.04. The quantitative estimate of drug-likeness (QED) is 0.854. The fraction of sp³-hybridized carbons (Fsp3) is 0.538. The van der Waals surface area contributed by atoms with Gasteiger partial charge in [0.15, 0.2) is 0 Å². The molecule has 0 amide bonds. The third-order valence-electron chi connectivity index (χ3n) is 3.26. The molecule has 100 valence electrons. The van der Waals surface area contributed by atoms with Crippen molar-refractivity contribution in [1.82, 2.24) is 4.89 Å². The number of sulfonamides is 1. The SMILES string of the molecule is Cc1ccc(C)c(S(=O)(=O)NOC2CCCC2)c1. The van der Waals surface area contributed by atoms with Crippen LogP contribution in [-0.2, 0) is 14.9 Å². The first-order valence-corrected chi connectivity index (χ1v) is 7.72. The van der Waals surface area contributed by atoms with E-state index in [1.807, 2.05) is 13.0 Å². The van der Waals surface area contributed by atoms with E-state index >= 15 is 0 Å². The van der Waals surface area contributed by atoms with E-state index in [4.69, 9.17) is 4.84 Å². The topological polar surface area (TPSA) is 55.4 Å². The van der Waals surface area contributed by atoms with Crippen LogP contribution in [0, 0.1) is 13.8 Å². The van der Waals surface area contributed by atoms with Crippen LogP contribution < -0.4 is 4.89 Å². The first kappa shape index (κ1) is 13.5. The standard InChI is InChI=1S/C13H19NO3S/c1-10-7-8-11(2)13(9-10)18(15,16)14-17-12-5-3-4-6-12/h7-9,12,14H,3-6H2,1-2H3. The molecule has 5 heteroatoms. The van der Waals surface area contributed by atoms with Crippen molar-refractivity contribution in [1.29, 1.82) is 0 Å². The lowest BCUT2D eigenvalue weighted by Gasteiger charge is -2.13. The van der Waals surface area contributed by atoms with Gasteiger partial charge in [0.2, 0.25) is 0 Å². The van der Waals surface area contributed by atoms with Gasteiger partial charge in [-0.15, -0.1) is 0 Å². The van der Waals surface area contributed by atoms with Gasteiger partial charge in [0.05, 0.1) is 11.0 Å². The molecule has 2 rings (SSSR count). The maximum atomic E-state index is 12.1. The Morgan fingerprint density at radius 1 is 1.22 bits per heavy atom. The van der Waals surface area contributed by atoms with Crippen LogP contribution in [0.4, 0.5) is 0 Å². The van der Waals surface area contributed by atoms with Gasteiger partial charge >= 0.3 is 0 Å². The van der Waals surface area contributed by atoms with Gasteiger partial charge in [-0.2, -0.15) is 0 Å². The maximum Gasteiger partial charge on any atom is 0.262 e. The molecule has 1 N–H and O–H groups in total. The van der Waals surface area contributed by atoms with E-state index in [0.29, 0.717) is 4.90 Å². The molecule has 4 nitrogen and oxygen atoms in total. The van der Waals surface area contributed by atoms with E-state index in [1.54, 1.807) is 19.1 Å². The van der Waals surface area contributed by atoms with Crippen LogP contribution in [0.15, 0.2) is 23.1 Å². The van der Waals surface area contributed by atoms with Crippen molar-refractivity contribution in [3.63, 3.8) is 0 Å². The van der Waals surface area contributed by atoms with Crippen LogP contribution in [0.25, 0.3) is 0 Å². The number of nitrogens with one attached hydrogen (secondary N) is 1. The molecule has 0 heterocycles. The van der Waals surface area contributed by atoms with Crippen molar-refractivity contribution in [2.24, 2.45) is 0 Å². The molecular formula is C13H19NO3S. The molecule has 0 radical (unpaired) electrons. The highest BCUT2D eigenvalue weighted by Gasteiger charge is 2.21. The number of benzene rings is 1. The minimum atomic E-state index is -3.57. The monoisotopic (exact) mass is 269 g/mol. The largest absolute Gasteiger partial charge is 0.284 e. The number of hydrogen-bond acceptors (Lipinski definition) is 3. The van der Waals surface area contributed by atoms with Gasteiger partial charge in [0.1, 0.15) is 0 Å². The predicted octanol–water partition coefficient (Wildman–Crippen LogP) is 2.46. The molecule has 1 aliphatic rings. The highest BCUT2D eigenvalue weighted by molar-refractivity contribution is 7.89. The second-order valence-corrected chi connectivity index (χ2v) is 6.49. The molecule has 0 aliphatic heterocycles. The van der Waals surface area contributed by atoms with E-state index in [1.165, 1.54) is 0 Å². The molecular weight excluding hydrogens is 250 g/mol. The smallest absolute Gasteiger partial charge is 0.262 e. The Labute approximate surface area is 108 Å². The van der Waals surface area contributed by atoms with Gasteiger partial charge < -0.3 is 0 Å². The highest BCUT2D eigenvalue weighted by Crippen LogP contribution is 2.21. The summed E-state index contributed by atoms with van der Waals surface area (Å²) in [4.78, 5) is 7.83. The fourth-order valence-electron chi connectivity index (χ4n) is 2.18. The summed E-state index contributed by atoms with van der Waals surface area (Å²) in [5.74, 6) is 0. The molecule has 0 atom stereocenters. The predicted molar refractivity (Wildman–Crippen MR) is 69.6 cm³/mol. The van der Waals surface area contributed by atoms with Crippen molar-refractivity contribution >= 4 is 10.0 Å². The Balaban J connectivity index is 2.12. The summed E-state index contributed by atoms with van der Waals surface area (Å²) in [6.45, 7) is 3.65. The van der Waals surface area contributed by atoms with Crippen LogP contribution in [0.2, 0.25) is 0 Å². The Hall–Kier alpha value is -0.910. The van der Waals surface area contributed by atoms with Crippen molar-refractivity contribution in [3.05, 3.63) is 29.3 Å². The van der Waals surface area contributed by atoms with Crippen LogP contribution in [0.1, 0.15) is 36.8 Å².